The van der Waals surface area contributed by atoms with Crippen LogP contribution in [0.1, 0.15) is 5.56 Å². The van der Waals surface area contributed by atoms with Gasteiger partial charge in [0, 0.05) is 17.0 Å². The third-order valence-electron chi connectivity index (χ3n) is 4.30. The Labute approximate surface area is 189 Å². The first-order chi connectivity index (χ1) is 15.5. The Hall–Kier alpha value is -3.85. The molecule has 2 aromatic carbocycles. The summed E-state index contributed by atoms with van der Waals surface area (Å²) >= 11 is 1.28. The largest absolute Gasteiger partial charge is 0.497 e. The van der Waals surface area contributed by atoms with Crippen LogP contribution in [-0.2, 0) is 14.3 Å². The van der Waals surface area contributed by atoms with E-state index in [9.17, 15) is 9.59 Å². The monoisotopic (exact) mass is 454 g/mol. The fourth-order valence-corrected chi connectivity index (χ4v) is 3.42. The van der Waals surface area contributed by atoms with Gasteiger partial charge < -0.3 is 18.9 Å². The zero-order chi connectivity index (χ0) is 22.9. The molecule has 0 spiro atoms. The summed E-state index contributed by atoms with van der Waals surface area (Å²) in [5, 5.41) is 4.87. The van der Waals surface area contributed by atoms with Crippen molar-refractivity contribution in [3.63, 3.8) is 0 Å². The molecule has 9 heteroatoms. The molecule has 166 valence electrons. The maximum Gasteiger partial charge on any atom is 0.331 e. The second-order valence-electron chi connectivity index (χ2n) is 6.37. The first kappa shape index (κ1) is 22.8. The Morgan fingerprint density at radius 1 is 1.00 bits per heavy atom. The summed E-state index contributed by atoms with van der Waals surface area (Å²) < 4.78 is 20.5. The highest BCUT2D eigenvalue weighted by atomic mass is 32.1. The van der Waals surface area contributed by atoms with Crippen molar-refractivity contribution in [3.05, 3.63) is 59.5 Å². The third kappa shape index (κ3) is 6.08. The van der Waals surface area contributed by atoms with Gasteiger partial charge in [-0.25, -0.2) is 9.78 Å². The fraction of sp³-hybridized carbons (Fsp3) is 0.174. The molecule has 0 aliphatic heterocycles. The van der Waals surface area contributed by atoms with Gasteiger partial charge in [-0.05, 0) is 48.0 Å². The first-order valence-electron chi connectivity index (χ1n) is 9.49. The van der Waals surface area contributed by atoms with Crippen molar-refractivity contribution >= 4 is 34.4 Å². The predicted octanol–water partition coefficient (Wildman–Crippen LogP) is 4.03. The van der Waals surface area contributed by atoms with Crippen molar-refractivity contribution in [1.82, 2.24) is 4.98 Å². The van der Waals surface area contributed by atoms with Gasteiger partial charge in [-0.2, -0.15) is 0 Å². The van der Waals surface area contributed by atoms with Gasteiger partial charge in [-0.1, -0.05) is 6.07 Å². The minimum Gasteiger partial charge on any atom is -0.497 e. The van der Waals surface area contributed by atoms with E-state index >= 15 is 0 Å². The molecule has 1 amide bonds. The molecule has 8 nitrogen and oxygen atoms in total. The lowest BCUT2D eigenvalue weighted by Crippen LogP contribution is -2.20. The van der Waals surface area contributed by atoms with Crippen LogP contribution in [0.15, 0.2) is 53.9 Å². The predicted molar refractivity (Wildman–Crippen MR) is 122 cm³/mol. The van der Waals surface area contributed by atoms with Gasteiger partial charge in [0.05, 0.1) is 27.0 Å². The minimum atomic E-state index is -0.645. The maximum atomic E-state index is 12.1. The first-order valence-corrected chi connectivity index (χ1v) is 10.4. The van der Waals surface area contributed by atoms with Crippen LogP contribution in [0.2, 0.25) is 0 Å². The van der Waals surface area contributed by atoms with E-state index in [-0.39, 0.29) is 0 Å². The second-order valence-corrected chi connectivity index (χ2v) is 7.23. The van der Waals surface area contributed by atoms with Crippen LogP contribution in [0.4, 0.5) is 5.13 Å². The van der Waals surface area contributed by atoms with Crippen LogP contribution < -0.4 is 19.5 Å². The summed E-state index contributed by atoms with van der Waals surface area (Å²) in [6.45, 7) is -0.424. The van der Waals surface area contributed by atoms with E-state index in [1.807, 2.05) is 29.6 Å². The summed E-state index contributed by atoms with van der Waals surface area (Å²) in [4.78, 5) is 28.4. The molecule has 32 heavy (non-hydrogen) atoms. The number of nitrogens with zero attached hydrogens (tertiary/aromatic N) is 1. The van der Waals surface area contributed by atoms with Crippen LogP contribution in [0.25, 0.3) is 17.3 Å². The van der Waals surface area contributed by atoms with Crippen molar-refractivity contribution in [2.75, 3.05) is 33.3 Å². The Bertz CT molecular complexity index is 1110. The Morgan fingerprint density at radius 3 is 2.44 bits per heavy atom. The van der Waals surface area contributed by atoms with Gasteiger partial charge in [0.1, 0.15) is 5.75 Å². The van der Waals surface area contributed by atoms with Crippen LogP contribution in [0.3, 0.4) is 0 Å². The number of methoxy groups -OCH3 is 3. The molecule has 0 unspecified atom stereocenters. The number of carbonyl (C=O) groups is 2. The number of ether oxygens (including phenoxy) is 4. The van der Waals surface area contributed by atoms with Gasteiger partial charge >= 0.3 is 5.97 Å². The lowest BCUT2D eigenvalue weighted by molar-refractivity contribution is -0.142. The molecule has 0 aliphatic rings. The number of rotatable bonds is 9. The zero-order valence-corrected chi connectivity index (χ0v) is 18.6. The molecule has 3 aromatic rings. The number of aromatic nitrogens is 1. The molecular formula is C23H22N2O6S. The molecule has 1 heterocycles. The van der Waals surface area contributed by atoms with Gasteiger partial charge in [-0.15, -0.1) is 11.3 Å². The summed E-state index contributed by atoms with van der Waals surface area (Å²) in [6, 6.07) is 12.6. The molecule has 0 bridgehead atoms. The van der Waals surface area contributed by atoms with E-state index in [1.54, 1.807) is 38.5 Å². The fourth-order valence-electron chi connectivity index (χ4n) is 2.69. The maximum absolute atomic E-state index is 12.1. The van der Waals surface area contributed by atoms with Gasteiger partial charge in [0.2, 0.25) is 0 Å². The Kier molecular flexibility index (Phi) is 7.82. The van der Waals surface area contributed by atoms with Crippen LogP contribution in [0.5, 0.6) is 17.2 Å². The number of nitrogens with one attached hydrogen (secondary N) is 1. The molecular weight excluding hydrogens is 432 g/mol. The van der Waals surface area contributed by atoms with Gasteiger partial charge in [0.15, 0.2) is 23.2 Å². The molecule has 0 atom stereocenters. The lowest BCUT2D eigenvalue weighted by Gasteiger charge is -2.07. The highest BCUT2D eigenvalue weighted by Crippen LogP contribution is 2.28. The summed E-state index contributed by atoms with van der Waals surface area (Å²) in [7, 11) is 4.67. The number of thiazole rings is 1. The number of carbonyl (C=O) groups excluding carboxylic acids is 2. The topological polar surface area (TPSA) is 96.0 Å². The van der Waals surface area contributed by atoms with E-state index < -0.39 is 18.5 Å². The van der Waals surface area contributed by atoms with Crippen LogP contribution in [-0.4, -0.2) is 44.8 Å². The highest BCUT2D eigenvalue weighted by Gasteiger charge is 2.10. The van der Waals surface area contributed by atoms with Crippen LogP contribution in [0, 0.1) is 0 Å². The van der Waals surface area contributed by atoms with Crippen LogP contribution >= 0.6 is 11.3 Å². The molecule has 1 aromatic heterocycles. The summed E-state index contributed by atoms with van der Waals surface area (Å²) in [5.74, 6) is 0.752. The van der Waals surface area contributed by atoms with Gasteiger partial charge in [0.25, 0.3) is 5.91 Å². The molecule has 0 radical (unpaired) electrons. The number of benzene rings is 2. The van der Waals surface area contributed by atoms with Crippen molar-refractivity contribution in [2.24, 2.45) is 0 Å². The number of anilines is 1. The van der Waals surface area contributed by atoms with Crippen molar-refractivity contribution in [1.29, 1.82) is 0 Å². The standard InChI is InChI=1S/C23H22N2O6S/c1-28-17-8-6-16(7-9-17)18-14-32-23(24-18)25-21(26)13-31-22(27)11-5-15-4-10-19(29-2)20(12-15)30-3/h4-12,14H,13H2,1-3H3,(H,24,25,26)/b11-5+. The van der Waals surface area contributed by atoms with Crippen molar-refractivity contribution < 1.29 is 28.5 Å². The Balaban J connectivity index is 1.50. The zero-order valence-electron chi connectivity index (χ0n) is 17.8. The normalized spacial score (nSPS) is 10.6. The number of esters is 1. The quantitative estimate of drug-likeness (QED) is 0.385. The van der Waals surface area contributed by atoms with Crippen molar-refractivity contribution in [2.45, 2.75) is 0 Å². The summed E-state index contributed by atoms with van der Waals surface area (Å²) in [6.07, 6.45) is 2.80. The molecule has 1 N–H and O–H groups in total. The minimum absolute atomic E-state index is 0.415. The van der Waals surface area contributed by atoms with E-state index in [0.717, 1.165) is 22.6 Å². The Morgan fingerprint density at radius 2 is 1.75 bits per heavy atom. The SMILES string of the molecule is COc1ccc(-c2csc(NC(=O)COC(=O)/C=C/c3ccc(OC)c(OC)c3)n2)cc1. The number of hydrogen-bond acceptors (Lipinski definition) is 8. The smallest absolute Gasteiger partial charge is 0.331 e. The van der Waals surface area contributed by atoms with E-state index in [2.05, 4.69) is 10.3 Å². The molecule has 0 aliphatic carbocycles. The lowest BCUT2D eigenvalue weighted by atomic mass is 10.2. The summed E-state index contributed by atoms with van der Waals surface area (Å²) in [5.41, 5.74) is 2.34. The molecule has 0 saturated heterocycles. The number of amides is 1. The van der Waals surface area contributed by atoms with E-state index in [1.165, 1.54) is 24.5 Å². The molecule has 3 rings (SSSR count). The highest BCUT2D eigenvalue weighted by molar-refractivity contribution is 7.14. The average molecular weight is 455 g/mol. The van der Waals surface area contributed by atoms with E-state index in [4.69, 9.17) is 18.9 Å². The average Bonchev–Trinajstić information content (AvgIpc) is 3.29. The molecule has 0 fully saturated rings. The number of hydrogen-bond donors (Lipinski definition) is 1. The van der Waals surface area contributed by atoms with Gasteiger partial charge in [-0.3, -0.25) is 10.1 Å². The van der Waals surface area contributed by atoms with Crippen molar-refractivity contribution in [3.8, 4) is 28.5 Å². The second kappa shape index (κ2) is 11.0. The molecule has 0 saturated carbocycles. The van der Waals surface area contributed by atoms with E-state index in [0.29, 0.717) is 16.6 Å². The third-order valence-corrected chi connectivity index (χ3v) is 5.06.